The topological polar surface area (TPSA) is 47.8 Å². The Hall–Kier alpha value is -3.70. The molecule has 0 unspecified atom stereocenters. The monoisotopic (exact) mass is 461 g/mol. The molecular formula is C29H23N3OS. The zero-order valence-electron chi connectivity index (χ0n) is 18.9. The van der Waals surface area contributed by atoms with Crippen LogP contribution in [0, 0.1) is 0 Å². The van der Waals surface area contributed by atoms with Crippen molar-refractivity contribution in [2.24, 2.45) is 7.05 Å². The quantitative estimate of drug-likeness (QED) is 0.222. The number of hydrogen-bond donors (Lipinski definition) is 0. The Morgan fingerprint density at radius 2 is 1.68 bits per heavy atom. The first kappa shape index (κ1) is 20.9. The van der Waals surface area contributed by atoms with E-state index in [9.17, 15) is 4.79 Å². The Bertz CT molecular complexity index is 1550. The average Bonchev–Trinajstić information content (AvgIpc) is 3.42. The molecule has 0 atom stereocenters. The van der Waals surface area contributed by atoms with Crippen LogP contribution in [0.5, 0.6) is 0 Å². The van der Waals surface area contributed by atoms with E-state index in [2.05, 4.69) is 89.1 Å². The molecule has 166 valence electrons. The zero-order valence-corrected chi connectivity index (χ0v) is 19.7. The highest BCUT2D eigenvalue weighted by Gasteiger charge is 2.20. The van der Waals surface area contributed by atoms with Crippen molar-refractivity contribution in [1.29, 1.82) is 0 Å². The van der Waals surface area contributed by atoms with Gasteiger partial charge >= 0.3 is 0 Å². The van der Waals surface area contributed by atoms with Crippen LogP contribution in [0.2, 0.25) is 0 Å². The molecule has 1 aromatic heterocycles. The largest absolute Gasteiger partial charge is 0.309 e. The number of hydrogen-bond acceptors (Lipinski definition) is 4. The third kappa shape index (κ3) is 3.72. The number of aromatic nitrogens is 3. The van der Waals surface area contributed by atoms with Gasteiger partial charge in [-0.3, -0.25) is 4.79 Å². The Labute approximate surface area is 202 Å². The molecule has 0 saturated carbocycles. The number of benzene rings is 4. The van der Waals surface area contributed by atoms with Gasteiger partial charge in [0.25, 0.3) is 0 Å². The van der Waals surface area contributed by atoms with Crippen LogP contribution in [0.4, 0.5) is 0 Å². The molecule has 0 radical (unpaired) electrons. The predicted molar refractivity (Wildman–Crippen MR) is 137 cm³/mol. The fourth-order valence-corrected chi connectivity index (χ4v) is 5.60. The summed E-state index contributed by atoms with van der Waals surface area (Å²) in [5.41, 5.74) is 7.06. The Kier molecular flexibility index (Phi) is 5.27. The van der Waals surface area contributed by atoms with Crippen molar-refractivity contribution in [3.05, 3.63) is 113 Å². The van der Waals surface area contributed by atoms with Crippen molar-refractivity contribution in [2.45, 2.75) is 18.0 Å². The molecule has 0 N–H and O–H groups in total. The van der Waals surface area contributed by atoms with Gasteiger partial charge in [-0.1, -0.05) is 90.6 Å². The molecule has 0 amide bonds. The molecule has 0 saturated heterocycles. The molecular weight excluding hydrogens is 438 g/mol. The second kappa shape index (κ2) is 8.58. The van der Waals surface area contributed by atoms with Crippen molar-refractivity contribution in [3.8, 4) is 11.1 Å². The maximum atomic E-state index is 13.0. The number of fused-ring (bicyclic) bond motifs is 4. The summed E-state index contributed by atoms with van der Waals surface area (Å²) >= 11 is 1.45. The van der Waals surface area contributed by atoms with Crippen molar-refractivity contribution < 1.29 is 4.79 Å². The minimum absolute atomic E-state index is 0.113. The Balaban J connectivity index is 1.16. The predicted octanol–water partition coefficient (Wildman–Crippen LogP) is 6.11. The van der Waals surface area contributed by atoms with Crippen molar-refractivity contribution in [3.63, 3.8) is 0 Å². The number of rotatable bonds is 6. The molecule has 4 nitrogen and oxygen atoms in total. The average molecular weight is 462 g/mol. The lowest BCUT2D eigenvalue weighted by Gasteiger charge is -2.07. The first-order valence-corrected chi connectivity index (χ1v) is 12.4. The maximum absolute atomic E-state index is 13.0. The highest BCUT2D eigenvalue weighted by atomic mass is 32.2. The van der Waals surface area contributed by atoms with E-state index in [1.807, 2.05) is 17.7 Å². The standard InChI is InChI=1S/C29H23N3OS/c1-32-28(17-21-10-6-9-19-7-2-4-11-24(19)21)30-31-29(32)34-18-27(33)22-13-14-26-23(16-22)15-20-8-3-5-12-25(20)26/h2-14,16H,15,17-18H2,1H3. The van der Waals surface area contributed by atoms with Gasteiger partial charge in [0.15, 0.2) is 10.9 Å². The molecule has 1 aliphatic rings. The molecule has 34 heavy (non-hydrogen) atoms. The minimum atomic E-state index is 0.113. The SMILES string of the molecule is Cn1c(Cc2cccc3ccccc23)nnc1SCC(=O)c1ccc2c(c1)Cc1ccccc1-2. The first-order chi connectivity index (χ1) is 16.7. The van der Waals surface area contributed by atoms with Crippen LogP contribution in [0.15, 0.2) is 90.1 Å². The van der Waals surface area contributed by atoms with E-state index in [0.29, 0.717) is 12.2 Å². The van der Waals surface area contributed by atoms with E-state index in [1.165, 1.54) is 50.4 Å². The summed E-state index contributed by atoms with van der Waals surface area (Å²) in [6.45, 7) is 0. The number of nitrogens with zero attached hydrogens (tertiary/aromatic N) is 3. The van der Waals surface area contributed by atoms with E-state index in [1.54, 1.807) is 0 Å². The Morgan fingerprint density at radius 3 is 2.62 bits per heavy atom. The summed E-state index contributed by atoms with van der Waals surface area (Å²) < 4.78 is 2.00. The van der Waals surface area contributed by atoms with Gasteiger partial charge in [-0.25, -0.2) is 0 Å². The van der Waals surface area contributed by atoms with Gasteiger partial charge in [0, 0.05) is 19.0 Å². The highest BCUT2D eigenvalue weighted by Crippen LogP contribution is 2.37. The zero-order chi connectivity index (χ0) is 23.1. The summed E-state index contributed by atoms with van der Waals surface area (Å²) in [5, 5.41) is 12.0. The van der Waals surface area contributed by atoms with E-state index in [0.717, 1.165) is 23.0 Å². The van der Waals surface area contributed by atoms with Gasteiger partial charge in [-0.15, -0.1) is 10.2 Å². The fraction of sp³-hybridized carbons (Fsp3) is 0.138. The van der Waals surface area contributed by atoms with Gasteiger partial charge in [-0.05, 0) is 51.1 Å². The minimum Gasteiger partial charge on any atom is -0.309 e. The molecule has 0 spiro atoms. The molecule has 0 fully saturated rings. The van der Waals surface area contributed by atoms with E-state index >= 15 is 0 Å². The van der Waals surface area contributed by atoms with Crippen LogP contribution in [0.1, 0.15) is 32.9 Å². The van der Waals surface area contributed by atoms with Gasteiger partial charge in [0.05, 0.1) is 5.75 Å². The van der Waals surface area contributed by atoms with Crippen molar-refractivity contribution in [1.82, 2.24) is 14.8 Å². The summed E-state index contributed by atoms with van der Waals surface area (Å²) in [7, 11) is 1.97. The van der Waals surface area contributed by atoms with Gasteiger partial charge in [0.1, 0.15) is 5.82 Å². The van der Waals surface area contributed by atoms with E-state index < -0.39 is 0 Å². The highest BCUT2D eigenvalue weighted by molar-refractivity contribution is 7.99. The van der Waals surface area contributed by atoms with Gasteiger partial charge in [0.2, 0.25) is 0 Å². The lowest BCUT2D eigenvalue weighted by atomic mass is 10.0. The maximum Gasteiger partial charge on any atom is 0.191 e. The number of carbonyl (C=O) groups excluding carboxylic acids is 1. The lowest BCUT2D eigenvalue weighted by molar-refractivity contribution is 0.102. The van der Waals surface area contributed by atoms with Crippen LogP contribution in [0.25, 0.3) is 21.9 Å². The molecule has 1 heterocycles. The second-order valence-electron chi connectivity index (χ2n) is 8.69. The fourth-order valence-electron chi connectivity index (χ4n) is 4.77. The van der Waals surface area contributed by atoms with Crippen LogP contribution in [0.3, 0.4) is 0 Å². The number of carbonyl (C=O) groups is 1. The molecule has 0 bridgehead atoms. The molecule has 6 rings (SSSR count). The van der Waals surface area contributed by atoms with Gasteiger partial charge < -0.3 is 4.57 Å². The van der Waals surface area contributed by atoms with E-state index in [4.69, 9.17) is 0 Å². The first-order valence-electron chi connectivity index (χ1n) is 11.4. The molecule has 4 aromatic carbocycles. The third-order valence-corrected chi connectivity index (χ3v) is 7.62. The van der Waals surface area contributed by atoms with Crippen LogP contribution in [-0.2, 0) is 19.9 Å². The second-order valence-corrected chi connectivity index (χ2v) is 9.63. The van der Waals surface area contributed by atoms with Crippen molar-refractivity contribution >= 4 is 28.3 Å². The van der Waals surface area contributed by atoms with Crippen LogP contribution < -0.4 is 0 Å². The lowest BCUT2D eigenvalue weighted by Crippen LogP contribution is -2.05. The normalized spacial score (nSPS) is 12.0. The summed E-state index contributed by atoms with van der Waals surface area (Å²) in [4.78, 5) is 13.0. The summed E-state index contributed by atoms with van der Waals surface area (Å²) in [6.07, 6.45) is 1.59. The molecule has 5 aromatic rings. The molecule has 0 aliphatic heterocycles. The smallest absolute Gasteiger partial charge is 0.191 e. The van der Waals surface area contributed by atoms with E-state index in [-0.39, 0.29) is 5.78 Å². The van der Waals surface area contributed by atoms with Gasteiger partial charge in [-0.2, -0.15) is 0 Å². The summed E-state index contributed by atoms with van der Waals surface area (Å²) in [5.74, 6) is 1.34. The molecule has 1 aliphatic carbocycles. The van der Waals surface area contributed by atoms with Crippen LogP contribution >= 0.6 is 11.8 Å². The third-order valence-electron chi connectivity index (χ3n) is 6.60. The number of Topliss-reactive ketones (excluding diaryl/α,β-unsaturated/α-hetero) is 1. The van der Waals surface area contributed by atoms with Crippen molar-refractivity contribution in [2.75, 3.05) is 5.75 Å². The van der Waals surface area contributed by atoms with Crippen LogP contribution in [-0.4, -0.2) is 26.3 Å². The number of ketones is 1. The summed E-state index contributed by atoms with van der Waals surface area (Å²) in [6, 6.07) is 29.3. The Morgan fingerprint density at radius 1 is 0.882 bits per heavy atom. The number of thioether (sulfide) groups is 1. The molecule has 5 heteroatoms.